The van der Waals surface area contributed by atoms with E-state index in [1.807, 2.05) is 0 Å². The van der Waals surface area contributed by atoms with E-state index in [0.717, 1.165) is 31.7 Å². The van der Waals surface area contributed by atoms with Crippen molar-refractivity contribution in [2.45, 2.75) is 71.6 Å². The summed E-state index contributed by atoms with van der Waals surface area (Å²) in [5.74, 6) is -1.67. The Morgan fingerprint density at radius 2 is 1.65 bits per heavy atom. The highest BCUT2D eigenvalue weighted by molar-refractivity contribution is 5.73. The number of nitrogens with one attached hydrogen (secondary N) is 2. The van der Waals surface area contributed by atoms with Crippen LogP contribution in [-0.2, 0) is 30.6 Å². The number of hydrogen-bond acceptors (Lipinski definition) is 3. The summed E-state index contributed by atoms with van der Waals surface area (Å²) in [5.41, 5.74) is 4.18. The van der Waals surface area contributed by atoms with E-state index in [4.69, 9.17) is 0 Å². The summed E-state index contributed by atoms with van der Waals surface area (Å²) in [4.78, 5) is 11.6. The number of aliphatic hydroxyl groups is 1. The van der Waals surface area contributed by atoms with Gasteiger partial charge in [-0.3, -0.25) is 4.79 Å². The molecule has 4 nitrogen and oxygen atoms in total. The summed E-state index contributed by atoms with van der Waals surface area (Å²) in [6.07, 6.45) is 3.37. The van der Waals surface area contributed by atoms with Crippen molar-refractivity contribution in [3.05, 3.63) is 70.3 Å². The molecule has 3 N–H and O–H groups in total. The maximum Gasteiger partial charge on any atom is 0.217 e. The first kappa shape index (κ1) is 25.0. The first-order valence-electron chi connectivity index (χ1n) is 11.0. The number of hydrogen-bond donors (Lipinski definition) is 3. The van der Waals surface area contributed by atoms with Gasteiger partial charge in [0.2, 0.25) is 5.91 Å². The Balaban J connectivity index is 2.04. The van der Waals surface area contributed by atoms with Gasteiger partial charge in [-0.05, 0) is 53.6 Å². The third kappa shape index (κ3) is 8.38. The van der Waals surface area contributed by atoms with Crippen LogP contribution < -0.4 is 10.6 Å². The highest BCUT2D eigenvalue weighted by Gasteiger charge is 2.21. The van der Waals surface area contributed by atoms with Crippen LogP contribution in [0.15, 0.2) is 36.4 Å². The number of amides is 1. The second-order valence-electron chi connectivity index (χ2n) is 8.09. The number of halogens is 2. The van der Waals surface area contributed by atoms with Gasteiger partial charge in [0, 0.05) is 26.1 Å². The van der Waals surface area contributed by atoms with Gasteiger partial charge in [-0.2, -0.15) is 0 Å². The lowest BCUT2D eigenvalue weighted by molar-refractivity contribution is -0.120. The van der Waals surface area contributed by atoms with Crippen molar-refractivity contribution in [2.24, 2.45) is 0 Å². The number of aliphatic hydroxyl groups excluding tert-OH is 1. The molecule has 0 aromatic heterocycles. The highest BCUT2D eigenvalue weighted by atomic mass is 19.1. The van der Waals surface area contributed by atoms with E-state index in [-0.39, 0.29) is 18.9 Å². The Morgan fingerprint density at radius 3 is 2.26 bits per heavy atom. The zero-order valence-electron chi connectivity index (χ0n) is 18.7. The normalized spacial score (nSPS) is 13.1. The lowest BCUT2D eigenvalue weighted by Crippen LogP contribution is -2.48. The third-order valence-corrected chi connectivity index (χ3v) is 5.23. The summed E-state index contributed by atoms with van der Waals surface area (Å²) in [6, 6.07) is 9.15. The average Bonchev–Trinajstić information content (AvgIpc) is 2.68. The van der Waals surface area contributed by atoms with Crippen LogP contribution in [-0.4, -0.2) is 29.7 Å². The minimum absolute atomic E-state index is 0.129. The topological polar surface area (TPSA) is 61.4 Å². The monoisotopic (exact) mass is 432 g/mol. The van der Waals surface area contributed by atoms with Crippen molar-refractivity contribution < 1.29 is 18.7 Å². The molecule has 31 heavy (non-hydrogen) atoms. The molecule has 0 saturated heterocycles. The summed E-state index contributed by atoms with van der Waals surface area (Å²) >= 11 is 0. The van der Waals surface area contributed by atoms with Crippen molar-refractivity contribution >= 4 is 5.91 Å². The van der Waals surface area contributed by atoms with E-state index in [1.54, 1.807) is 0 Å². The van der Waals surface area contributed by atoms with Crippen LogP contribution in [0.2, 0.25) is 0 Å². The summed E-state index contributed by atoms with van der Waals surface area (Å²) in [5, 5.41) is 16.7. The third-order valence-electron chi connectivity index (χ3n) is 5.23. The van der Waals surface area contributed by atoms with Gasteiger partial charge < -0.3 is 15.7 Å². The Hall–Kier alpha value is -2.31. The van der Waals surface area contributed by atoms with Crippen LogP contribution in [0.5, 0.6) is 0 Å². The summed E-state index contributed by atoms with van der Waals surface area (Å²) in [7, 11) is 0. The lowest BCUT2D eigenvalue weighted by atomic mass is 9.98. The molecule has 0 radical (unpaired) electrons. The first-order valence-corrected chi connectivity index (χ1v) is 11.0. The standard InChI is InChI=1S/C25H34F2N2O2/c1-4-6-18-8-9-20(7-5-2)21(10-18)15-28-16-25(31)24(29-17(3)30)13-19-11-22(26)14-23(27)12-19/h8-12,14,24-25,28,31H,4-7,13,15-16H2,1-3H3,(H,29,30). The Bertz CT molecular complexity index is 837. The molecule has 0 aliphatic heterocycles. The van der Waals surface area contributed by atoms with E-state index in [0.29, 0.717) is 12.1 Å². The minimum atomic E-state index is -0.913. The molecule has 2 rings (SSSR count). The van der Waals surface area contributed by atoms with Gasteiger partial charge in [0.25, 0.3) is 0 Å². The van der Waals surface area contributed by atoms with Crippen LogP contribution in [0.3, 0.4) is 0 Å². The quantitative estimate of drug-likeness (QED) is 0.474. The summed E-state index contributed by atoms with van der Waals surface area (Å²) < 4.78 is 27.0. The molecule has 6 heteroatoms. The molecule has 2 aromatic rings. The SMILES string of the molecule is CCCc1ccc(CCC)c(CNCC(O)C(Cc2cc(F)cc(F)c2)NC(C)=O)c1. The first-order chi connectivity index (χ1) is 14.8. The number of benzene rings is 2. The zero-order valence-corrected chi connectivity index (χ0v) is 18.7. The average molecular weight is 433 g/mol. The molecule has 0 fully saturated rings. The number of carbonyl (C=O) groups is 1. The largest absolute Gasteiger partial charge is 0.390 e. The molecule has 0 saturated carbocycles. The smallest absolute Gasteiger partial charge is 0.217 e. The molecule has 0 aliphatic carbocycles. The molecule has 2 atom stereocenters. The highest BCUT2D eigenvalue weighted by Crippen LogP contribution is 2.16. The molecule has 170 valence electrons. The Kier molecular flexibility index (Phi) is 10.1. The Morgan fingerprint density at radius 1 is 0.968 bits per heavy atom. The van der Waals surface area contributed by atoms with Crippen LogP contribution in [0.25, 0.3) is 0 Å². The van der Waals surface area contributed by atoms with Crippen LogP contribution in [0.1, 0.15) is 55.9 Å². The Labute approximate surface area is 184 Å². The van der Waals surface area contributed by atoms with E-state index in [9.17, 15) is 18.7 Å². The fraction of sp³-hybridized carbons (Fsp3) is 0.480. The van der Waals surface area contributed by atoms with E-state index in [1.165, 1.54) is 35.7 Å². The van der Waals surface area contributed by atoms with E-state index >= 15 is 0 Å². The van der Waals surface area contributed by atoms with Gasteiger partial charge >= 0.3 is 0 Å². The number of carbonyl (C=O) groups excluding carboxylic acids is 1. The van der Waals surface area contributed by atoms with Gasteiger partial charge in [-0.1, -0.05) is 44.9 Å². The van der Waals surface area contributed by atoms with Crippen molar-refractivity contribution in [3.8, 4) is 0 Å². The second kappa shape index (κ2) is 12.5. The molecule has 2 unspecified atom stereocenters. The molecular weight excluding hydrogens is 398 g/mol. The van der Waals surface area contributed by atoms with Gasteiger partial charge in [-0.15, -0.1) is 0 Å². The predicted octanol–water partition coefficient (Wildman–Crippen LogP) is 4.07. The van der Waals surface area contributed by atoms with Crippen molar-refractivity contribution in [2.75, 3.05) is 6.54 Å². The maximum absolute atomic E-state index is 13.5. The molecule has 0 aliphatic rings. The zero-order chi connectivity index (χ0) is 22.8. The number of rotatable bonds is 12. The van der Waals surface area contributed by atoms with Gasteiger partial charge in [0.15, 0.2) is 0 Å². The number of aryl methyl sites for hydroxylation is 2. The minimum Gasteiger partial charge on any atom is -0.390 e. The van der Waals surface area contributed by atoms with Gasteiger partial charge in [0.05, 0.1) is 12.1 Å². The molecule has 0 bridgehead atoms. The molecule has 1 amide bonds. The fourth-order valence-corrected chi connectivity index (χ4v) is 3.83. The van der Waals surface area contributed by atoms with Gasteiger partial charge in [0.1, 0.15) is 11.6 Å². The maximum atomic E-state index is 13.5. The van der Waals surface area contributed by atoms with E-state index < -0.39 is 23.8 Å². The fourth-order valence-electron chi connectivity index (χ4n) is 3.83. The van der Waals surface area contributed by atoms with Crippen molar-refractivity contribution in [3.63, 3.8) is 0 Å². The summed E-state index contributed by atoms with van der Waals surface area (Å²) in [6.45, 7) is 6.50. The molecule has 0 heterocycles. The molecular formula is C25H34F2N2O2. The van der Waals surface area contributed by atoms with E-state index in [2.05, 4.69) is 42.7 Å². The second-order valence-corrected chi connectivity index (χ2v) is 8.09. The van der Waals surface area contributed by atoms with Crippen LogP contribution >= 0.6 is 0 Å². The van der Waals surface area contributed by atoms with Crippen LogP contribution in [0, 0.1) is 11.6 Å². The van der Waals surface area contributed by atoms with Crippen LogP contribution in [0.4, 0.5) is 8.78 Å². The predicted molar refractivity (Wildman–Crippen MR) is 120 cm³/mol. The molecule has 2 aromatic carbocycles. The van der Waals surface area contributed by atoms with Crippen molar-refractivity contribution in [1.29, 1.82) is 0 Å². The molecule has 0 spiro atoms. The lowest BCUT2D eigenvalue weighted by Gasteiger charge is -2.24. The van der Waals surface area contributed by atoms with Gasteiger partial charge in [-0.25, -0.2) is 8.78 Å². The van der Waals surface area contributed by atoms with Crippen molar-refractivity contribution in [1.82, 2.24) is 10.6 Å².